The van der Waals surface area contributed by atoms with Gasteiger partial charge >= 0.3 is 0 Å². The van der Waals surface area contributed by atoms with Crippen LogP contribution in [0.4, 0.5) is 0 Å². The van der Waals surface area contributed by atoms with Gasteiger partial charge in [0.05, 0.1) is 5.75 Å². The van der Waals surface area contributed by atoms with Gasteiger partial charge in [-0.3, -0.25) is 0 Å². The van der Waals surface area contributed by atoms with Gasteiger partial charge in [0.15, 0.2) is 0 Å². The third-order valence-electron chi connectivity index (χ3n) is 2.56. The zero-order valence-corrected chi connectivity index (χ0v) is 11.8. The zero-order chi connectivity index (χ0) is 13.9. The van der Waals surface area contributed by atoms with E-state index in [1.807, 2.05) is 31.2 Å². The molecule has 0 aliphatic heterocycles. The maximum atomic E-state index is 5.62. The van der Waals surface area contributed by atoms with Crippen molar-refractivity contribution in [2.45, 2.75) is 24.8 Å². The summed E-state index contributed by atoms with van der Waals surface area (Å²) in [7, 11) is 0. The van der Waals surface area contributed by atoms with Crippen molar-refractivity contribution in [1.82, 2.24) is 20.4 Å². The predicted octanol–water partition coefficient (Wildman–Crippen LogP) is 3.03. The smallest absolute Gasteiger partial charge is 0.277 e. The lowest BCUT2D eigenvalue weighted by molar-refractivity contribution is 0.428. The van der Waals surface area contributed by atoms with Crippen molar-refractivity contribution in [3.05, 3.63) is 41.6 Å². The molecule has 0 amide bonds. The summed E-state index contributed by atoms with van der Waals surface area (Å²) in [5.41, 5.74) is 2.07. The third-order valence-corrected chi connectivity index (χ3v) is 3.36. The summed E-state index contributed by atoms with van der Waals surface area (Å²) in [6.07, 6.45) is 0. The Hall–Kier alpha value is -2.15. The van der Waals surface area contributed by atoms with Crippen LogP contribution in [0.1, 0.15) is 17.3 Å². The fourth-order valence-electron chi connectivity index (χ4n) is 1.67. The van der Waals surface area contributed by atoms with E-state index in [2.05, 4.69) is 20.4 Å². The van der Waals surface area contributed by atoms with Gasteiger partial charge in [-0.2, -0.15) is 0 Å². The summed E-state index contributed by atoms with van der Waals surface area (Å²) in [5, 5.41) is 16.2. The van der Waals surface area contributed by atoms with Gasteiger partial charge in [-0.15, -0.1) is 20.4 Å². The first-order valence-electron chi connectivity index (χ1n) is 6.03. The average Bonchev–Trinajstić information content (AvgIpc) is 3.05. The van der Waals surface area contributed by atoms with Crippen molar-refractivity contribution in [3.8, 4) is 11.5 Å². The van der Waals surface area contributed by atoms with Crippen LogP contribution in [0.3, 0.4) is 0 Å². The van der Waals surface area contributed by atoms with Gasteiger partial charge in [0, 0.05) is 12.5 Å². The highest BCUT2D eigenvalue weighted by Gasteiger charge is 2.11. The van der Waals surface area contributed by atoms with E-state index in [1.165, 1.54) is 11.8 Å². The molecule has 0 aliphatic carbocycles. The minimum absolute atomic E-state index is 0.498. The summed E-state index contributed by atoms with van der Waals surface area (Å²) in [4.78, 5) is 0. The van der Waals surface area contributed by atoms with Gasteiger partial charge in [0.25, 0.3) is 5.22 Å². The number of hydrogen-bond donors (Lipinski definition) is 0. The Bertz CT molecular complexity index is 722. The molecule has 6 nitrogen and oxygen atoms in total. The van der Waals surface area contributed by atoms with Gasteiger partial charge in [-0.05, 0) is 19.1 Å². The molecule has 0 aliphatic rings. The molecule has 3 rings (SSSR count). The number of thioether (sulfide) groups is 1. The monoisotopic (exact) mass is 288 g/mol. The maximum Gasteiger partial charge on any atom is 0.277 e. The van der Waals surface area contributed by atoms with Crippen LogP contribution in [0.15, 0.2) is 38.3 Å². The normalized spacial score (nSPS) is 10.9. The minimum Gasteiger partial charge on any atom is -0.420 e. The Labute approximate surface area is 119 Å². The Morgan fingerprint density at radius 2 is 1.95 bits per heavy atom. The first-order valence-corrected chi connectivity index (χ1v) is 7.01. The molecule has 20 heavy (non-hydrogen) atoms. The molecule has 0 spiro atoms. The maximum absolute atomic E-state index is 5.62. The molecule has 0 saturated heterocycles. The van der Waals surface area contributed by atoms with E-state index in [1.54, 1.807) is 6.92 Å². The van der Waals surface area contributed by atoms with Gasteiger partial charge in [-0.25, -0.2) is 0 Å². The number of rotatable bonds is 4. The number of nitrogens with zero attached hydrogens (tertiary/aromatic N) is 4. The molecule has 0 N–H and O–H groups in total. The SMILES string of the molecule is Cc1cccc(-c2nnc(CSc3nnc(C)o3)o2)c1. The van der Waals surface area contributed by atoms with Crippen LogP contribution in [0.2, 0.25) is 0 Å². The Balaban J connectivity index is 1.70. The van der Waals surface area contributed by atoms with Crippen molar-refractivity contribution in [2.24, 2.45) is 0 Å². The molecule has 102 valence electrons. The molecule has 0 bridgehead atoms. The lowest BCUT2D eigenvalue weighted by Gasteiger charge is -1.95. The van der Waals surface area contributed by atoms with E-state index < -0.39 is 0 Å². The fourth-order valence-corrected chi connectivity index (χ4v) is 2.31. The minimum atomic E-state index is 0.498. The molecule has 7 heteroatoms. The van der Waals surface area contributed by atoms with Crippen molar-refractivity contribution in [3.63, 3.8) is 0 Å². The molecule has 2 heterocycles. The first kappa shape index (κ1) is 12.9. The van der Waals surface area contributed by atoms with E-state index in [0.717, 1.165) is 11.1 Å². The summed E-state index contributed by atoms with van der Waals surface area (Å²) in [5.74, 6) is 2.09. The highest BCUT2D eigenvalue weighted by atomic mass is 32.2. The molecule has 0 radical (unpaired) electrons. The van der Waals surface area contributed by atoms with E-state index in [4.69, 9.17) is 8.83 Å². The topological polar surface area (TPSA) is 77.8 Å². The van der Waals surface area contributed by atoms with Gasteiger partial charge in [0.1, 0.15) is 0 Å². The van der Waals surface area contributed by atoms with Crippen LogP contribution in [0.25, 0.3) is 11.5 Å². The molecule has 0 fully saturated rings. The quantitative estimate of drug-likeness (QED) is 0.683. The zero-order valence-electron chi connectivity index (χ0n) is 11.0. The van der Waals surface area contributed by atoms with Gasteiger partial charge in [-0.1, -0.05) is 29.5 Å². The van der Waals surface area contributed by atoms with Crippen LogP contribution in [0.5, 0.6) is 0 Å². The molecular weight excluding hydrogens is 276 g/mol. The van der Waals surface area contributed by atoms with E-state index in [-0.39, 0.29) is 0 Å². The molecule has 1 aromatic carbocycles. The predicted molar refractivity (Wildman–Crippen MR) is 73.1 cm³/mol. The Morgan fingerprint density at radius 3 is 2.70 bits per heavy atom. The molecule has 3 aromatic rings. The van der Waals surface area contributed by atoms with Crippen LogP contribution < -0.4 is 0 Å². The number of hydrogen-bond acceptors (Lipinski definition) is 7. The van der Waals surface area contributed by atoms with Crippen molar-refractivity contribution in [2.75, 3.05) is 0 Å². The van der Waals surface area contributed by atoms with Crippen LogP contribution in [0, 0.1) is 13.8 Å². The Kier molecular flexibility index (Phi) is 3.51. The number of aryl methyl sites for hydroxylation is 2. The van der Waals surface area contributed by atoms with Crippen LogP contribution in [-0.2, 0) is 5.75 Å². The standard InChI is InChI=1S/C13H12N4O2S/c1-8-4-3-5-10(6-8)12-16-15-11(19-12)7-20-13-17-14-9(2)18-13/h3-6H,7H2,1-2H3. The largest absolute Gasteiger partial charge is 0.420 e. The van der Waals surface area contributed by atoms with E-state index in [9.17, 15) is 0 Å². The fraction of sp³-hybridized carbons (Fsp3) is 0.231. The molecule has 0 saturated carbocycles. The van der Waals surface area contributed by atoms with E-state index in [0.29, 0.717) is 28.6 Å². The van der Waals surface area contributed by atoms with E-state index >= 15 is 0 Å². The number of aromatic nitrogens is 4. The summed E-state index contributed by atoms with van der Waals surface area (Å²) < 4.78 is 10.9. The van der Waals surface area contributed by atoms with Crippen molar-refractivity contribution < 1.29 is 8.83 Å². The summed E-state index contributed by atoms with van der Waals surface area (Å²) >= 11 is 1.37. The Morgan fingerprint density at radius 1 is 1.05 bits per heavy atom. The lowest BCUT2D eigenvalue weighted by Crippen LogP contribution is -1.80. The van der Waals surface area contributed by atoms with Crippen molar-refractivity contribution >= 4 is 11.8 Å². The first-order chi connectivity index (χ1) is 9.70. The second-order valence-electron chi connectivity index (χ2n) is 4.25. The molecular formula is C13H12N4O2S. The highest BCUT2D eigenvalue weighted by Crippen LogP contribution is 2.23. The highest BCUT2D eigenvalue weighted by molar-refractivity contribution is 7.98. The molecule has 0 atom stereocenters. The third kappa shape index (κ3) is 2.88. The summed E-state index contributed by atoms with van der Waals surface area (Å²) in [6, 6.07) is 7.93. The summed E-state index contributed by atoms with van der Waals surface area (Å²) in [6.45, 7) is 3.77. The van der Waals surface area contributed by atoms with Crippen LogP contribution >= 0.6 is 11.8 Å². The second kappa shape index (κ2) is 5.46. The molecule has 2 aromatic heterocycles. The lowest BCUT2D eigenvalue weighted by atomic mass is 10.1. The van der Waals surface area contributed by atoms with Gasteiger partial charge < -0.3 is 8.83 Å². The second-order valence-corrected chi connectivity index (χ2v) is 5.17. The van der Waals surface area contributed by atoms with Crippen LogP contribution in [-0.4, -0.2) is 20.4 Å². The molecule has 0 unspecified atom stereocenters. The number of benzene rings is 1. The average molecular weight is 288 g/mol. The van der Waals surface area contributed by atoms with Crippen molar-refractivity contribution in [1.29, 1.82) is 0 Å². The van der Waals surface area contributed by atoms with Gasteiger partial charge in [0.2, 0.25) is 17.7 Å².